The second-order valence-corrected chi connectivity index (χ2v) is 4.96. The van der Waals surface area contributed by atoms with Gasteiger partial charge >= 0.3 is 0 Å². The maximum absolute atomic E-state index is 12.8. The first-order valence-electron chi connectivity index (χ1n) is 7.12. The SMILES string of the molecule is COCCCN(CCOC)CC(=O)Cc1ccc(F)cc1. The highest BCUT2D eigenvalue weighted by Crippen LogP contribution is 2.05. The molecule has 4 nitrogen and oxygen atoms in total. The summed E-state index contributed by atoms with van der Waals surface area (Å²) in [7, 11) is 3.31. The molecule has 0 amide bonds. The maximum atomic E-state index is 12.8. The minimum Gasteiger partial charge on any atom is -0.385 e. The van der Waals surface area contributed by atoms with Crippen molar-refractivity contribution < 1.29 is 18.7 Å². The third-order valence-corrected chi connectivity index (χ3v) is 3.15. The Labute approximate surface area is 125 Å². The Morgan fingerprint density at radius 1 is 1.10 bits per heavy atom. The van der Waals surface area contributed by atoms with Crippen LogP contribution in [0.5, 0.6) is 0 Å². The van der Waals surface area contributed by atoms with E-state index in [2.05, 4.69) is 4.90 Å². The quantitative estimate of drug-likeness (QED) is 0.585. The lowest BCUT2D eigenvalue weighted by Crippen LogP contribution is -2.34. The first-order chi connectivity index (χ1) is 10.2. The number of ether oxygens (including phenoxy) is 2. The third-order valence-electron chi connectivity index (χ3n) is 3.15. The van der Waals surface area contributed by atoms with Gasteiger partial charge in [0.05, 0.1) is 13.2 Å². The minimum atomic E-state index is -0.285. The summed E-state index contributed by atoms with van der Waals surface area (Å²) in [5, 5.41) is 0. The zero-order valence-electron chi connectivity index (χ0n) is 12.8. The predicted octanol–water partition coefficient (Wildman–Crippen LogP) is 1.92. The van der Waals surface area contributed by atoms with Crippen LogP contribution in [0, 0.1) is 5.82 Å². The molecule has 0 heterocycles. The van der Waals surface area contributed by atoms with Crippen molar-refractivity contribution in [3.63, 3.8) is 0 Å². The molecule has 0 bridgehead atoms. The van der Waals surface area contributed by atoms with Gasteiger partial charge in [-0.3, -0.25) is 9.69 Å². The second-order valence-electron chi connectivity index (χ2n) is 4.96. The van der Waals surface area contributed by atoms with Gasteiger partial charge in [-0.05, 0) is 24.1 Å². The number of rotatable bonds is 11. The van der Waals surface area contributed by atoms with E-state index in [0.29, 0.717) is 26.2 Å². The molecule has 0 aliphatic rings. The molecule has 0 spiro atoms. The van der Waals surface area contributed by atoms with Gasteiger partial charge in [0.25, 0.3) is 0 Å². The molecular weight excluding hydrogens is 273 g/mol. The maximum Gasteiger partial charge on any atom is 0.151 e. The fourth-order valence-electron chi connectivity index (χ4n) is 2.06. The molecule has 5 heteroatoms. The largest absolute Gasteiger partial charge is 0.385 e. The molecule has 0 saturated carbocycles. The average Bonchev–Trinajstić information content (AvgIpc) is 2.47. The number of carbonyl (C=O) groups is 1. The van der Waals surface area contributed by atoms with E-state index in [9.17, 15) is 9.18 Å². The Morgan fingerprint density at radius 3 is 2.38 bits per heavy atom. The second kappa shape index (κ2) is 10.4. The van der Waals surface area contributed by atoms with Crippen molar-refractivity contribution in [2.45, 2.75) is 12.8 Å². The van der Waals surface area contributed by atoms with Crippen molar-refractivity contribution in [3.8, 4) is 0 Å². The molecule has 0 fully saturated rings. The van der Waals surface area contributed by atoms with E-state index in [4.69, 9.17) is 9.47 Å². The molecule has 0 aliphatic heterocycles. The minimum absolute atomic E-state index is 0.120. The summed E-state index contributed by atoms with van der Waals surface area (Å²) in [6.07, 6.45) is 1.21. The van der Waals surface area contributed by atoms with Crippen molar-refractivity contribution in [3.05, 3.63) is 35.6 Å². The molecule has 0 atom stereocenters. The van der Waals surface area contributed by atoms with Crippen molar-refractivity contribution in [2.24, 2.45) is 0 Å². The van der Waals surface area contributed by atoms with E-state index in [-0.39, 0.29) is 11.6 Å². The van der Waals surface area contributed by atoms with Gasteiger partial charge in [-0.15, -0.1) is 0 Å². The fourth-order valence-corrected chi connectivity index (χ4v) is 2.06. The molecule has 0 aliphatic carbocycles. The lowest BCUT2D eigenvalue weighted by atomic mass is 10.1. The molecule has 0 N–H and O–H groups in total. The van der Waals surface area contributed by atoms with E-state index < -0.39 is 0 Å². The van der Waals surface area contributed by atoms with E-state index in [1.165, 1.54) is 12.1 Å². The number of methoxy groups -OCH3 is 2. The summed E-state index contributed by atoms with van der Waals surface area (Å²) >= 11 is 0. The van der Waals surface area contributed by atoms with Crippen LogP contribution in [0.4, 0.5) is 4.39 Å². The third kappa shape index (κ3) is 7.90. The number of hydrogen-bond acceptors (Lipinski definition) is 4. The van der Waals surface area contributed by atoms with E-state index in [0.717, 1.165) is 25.1 Å². The first kappa shape index (κ1) is 17.8. The van der Waals surface area contributed by atoms with Crippen LogP contribution in [0.1, 0.15) is 12.0 Å². The summed E-state index contributed by atoms with van der Waals surface area (Å²) in [5.41, 5.74) is 0.838. The highest BCUT2D eigenvalue weighted by atomic mass is 19.1. The normalized spacial score (nSPS) is 11.0. The standard InChI is InChI=1S/C16H24FNO3/c1-20-10-3-8-18(9-11-21-2)13-16(19)12-14-4-6-15(17)7-5-14/h4-7H,3,8-13H2,1-2H3. The van der Waals surface area contributed by atoms with Crippen LogP contribution < -0.4 is 0 Å². The van der Waals surface area contributed by atoms with Gasteiger partial charge in [0, 0.05) is 40.3 Å². The van der Waals surface area contributed by atoms with Gasteiger partial charge in [-0.2, -0.15) is 0 Å². The molecule has 21 heavy (non-hydrogen) atoms. The van der Waals surface area contributed by atoms with Crippen molar-refractivity contribution in [1.29, 1.82) is 0 Å². The summed E-state index contributed by atoms with van der Waals surface area (Å²) in [4.78, 5) is 14.2. The Balaban J connectivity index is 2.43. The number of ketones is 1. The summed E-state index contributed by atoms with van der Waals surface area (Å²) < 4.78 is 22.9. The summed E-state index contributed by atoms with van der Waals surface area (Å²) in [6, 6.07) is 6.06. The Kier molecular flexibility index (Phi) is 8.82. The van der Waals surface area contributed by atoms with Crippen LogP contribution in [0.2, 0.25) is 0 Å². The van der Waals surface area contributed by atoms with Crippen LogP contribution >= 0.6 is 0 Å². The topological polar surface area (TPSA) is 38.8 Å². The van der Waals surface area contributed by atoms with Gasteiger partial charge in [0.1, 0.15) is 5.82 Å². The Bertz CT molecular complexity index is 408. The van der Waals surface area contributed by atoms with Gasteiger partial charge in [-0.25, -0.2) is 4.39 Å². The smallest absolute Gasteiger partial charge is 0.151 e. The van der Waals surface area contributed by atoms with Crippen molar-refractivity contribution in [2.75, 3.05) is 47.1 Å². The van der Waals surface area contributed by atoms with Gasteiger partial charge in [-0.1, -0.05) is 12.1 Å². The number of halogens is 1. The number of hydrogen-bond donors (Lipinski definition) is 0. The molecule has 1 rings (SSSR count). The summed E-state index contributed by atoms with van der Waals surface area (Å²) in [6.45, 7) is 3.17. The van der Waals surface area contributed by atoms with Crippen molar-refractivity contribution >= 4 is 5.78 Å². The molecule has 1 aromatic rings. The monoisotopic (exact) mass is 297 g/mol. The number of nitrogens with zero attached hydrogens (tertiary/aromatic N) is 1. The molecule has 118 valence electrons. The number of benzene rings is 1. The van der Waals surface area contributed by atoms with Crippen LogP contribution in [0.3, 0.4) is 0 Å². The average molecular weight is 297 g/mol. The highest BCUT2D eigenvalue weighted by molar-refractivity contribution is 5.82. The number of Topliss-reactive ketones (excluding diaryl/α,β-unsaturated/α-hetero) is 1. The molecule has 0 aromatic heterocycles. The first-order valence-corrected chi connectivity index (χ1v) is 7.12. The zero-order valence-corrected chi connectivity index (χ0v) is 12.8. The van der Waals surface area contributed by atoms with Crippen LogP contribution in [0.15, 0.2) is 24.3 Å². The van der Waals surface area contributed by atoms with Gasteiger partial charge in [0.15, 0.2) is 5.78 Å². The Morgan fingerprint density at radius 2 is 1.76 bits per heavy atom. The van der Waals surface area contributed by atoms with Crippen LogP contribution in [0.25, 0.3) is 0 Å². The zero-order chi connectivity index (χ0) is 15.5. The van der Waals surface area contributed by atoms with E-state index >= 15 is 0 Å². The molecule has 0 saturated heterocycles. The van der Waals surface area contributed by atoms with Crippen molar-refractivity contribution in [1.82, 2.24) is 4.90 Å². The Hall–Kier alpha value is -1.30. The van der Waals surface area contributed by atoms with Gasteiger partial charge in [0.2, 0.25) is 0 Å². The van der Waals surface area contributed by atoms with Crippen LogP contribution in [-0.2, 0) is 20.7 Å². The lowest BCUT2D eigenvalue weighted by Gasteiger charge is -2.21. The lowest BCUT2D eigenvalue weighted by molar-refractivity contribution is -0.119. The summed E-state index contributed by atoms with van der Waals surface area (Å²) in [5.74, 6) is -0.164. The molecule has 1 aromatic carbocycles. The highest BCUT2D eigenvalue weighted by Gasteiger charge is 2.11. The van der Waals surface area contributed by atoms with Crippen LogP contribution in [-0.4, -0.2) is 57.8 Å². The van der Waals surface area contributed by atoms with E-state index in [1.807, 2.05) is 0 Å². The number of carbonyl (C=O) groups excluding carboxylic acids is 1. The van der Waals surface area contributed by atoms with E-state index in [1.54, 1.807) is 26.4 Å². The molecule has 0 unspecified atom stereocenters. The fraction of sp³-hybridized carbons (Fsp3) is 0.562. The molecular formula is C16H24FNO3. The van der Waals surface area contributed by atoms with Gasteiger partial charge < -0.3 is 9.47 Å². The predicted molar refractivity (Wildman–Crippen MR) is 79.9 cm³/mol. The molecule has 0 radical (unpaired) electrons.